The molecule has 0 aliphatic carbocycles. The molecule has 1 N–H and O–H groups in total. The van der Waals surface area contributed by atoms with Gasteiger partial charge in [0, 0.05) is 31.8 Å². The van der Waals surface area contributed by atoms with Gasteiger partial charge in [0.2, 0.25) is 0 Å². The van der Waals surface area contributed by atoms with Gasteiger partial charge in [0.05, 0.1) is 4.92 Å². The summed E-state index contributed by atoms with van der Waals surface area (Å²) in [6.45, 7) is 5.78. The Kier molecular flexibility index (Phi) is 5.19. The third kappa shape index (κ3) is 3.73. The molecule has 21 heavy (non-hydrogen) atoms. The van der Waals surface area contributed by atoms with Crippen LogP contribution in [0.4, 0.5) is 5.69 Å². The first-order valence-corrected chi connectivity index (χ1v) is 7.33. The number of hydrogen-bond donors (Lipinski definition) is 1. The first kappa shape index (κ1) is 16.2. The van der Waals surface area contributed by atoms with Crippen molar-refractivity contribution in [1.29, 1.82) is 0 Å². The van der Waals surface area contributed by atoms with Crippen molar-refractivity contribution in [2.24, 2.45) is 5.41 Å². The zero-order chi connectivity index (χ0) is 14.0. The molecule has 2 fully saturated rings. The standard InChI is InChI=1S/C15H21N3O2.ClH/c19-18(20)14-3-1-13(2-4-14)5-9-17-10-7-15(12-17)6-8-16-11-15;/h1-4,16H,5-12H2;1H. The second-order valence-corrected chi connectivity index (χ2v) is 6.13. The highest BCUT2D eigenvalue weighted by molar-refractivity contribution is 5.85. The minimum atomic E-state index is -0.346. The summed E-state index contributed by atoms with van der Waals surface area (Å²) in [5.41, 5.74) is 1.88. The maximum atomic E-state index is 10.6. The van der Waals surface area contributed by atoms with E-state index in [2.05, 4.69) is 10.2 Å². The van der Waals surface area contributed by atoms with Gasteiger partial charge in [-0.3, -0.25) is 10.1 Å². The lowest BCUT2D eigenvalue weighted by atomic mass is 9.87. The van der Waals surface area contributed by atoms with Crippen LogP contribution in [0.2, 0.25) is 0 Å². The first-order chi connectivity index (χ1) is 9.67. The van der Waals surface area contributed by atoms with Gasteiger partial charge in [0.1, 0.15) is 0 Å². The second-order valence-electron chi connectivity index (χ2n) is 6.13. The van der Waals surface area contributed by atoms with E-state index in [0.29, 0.717) is 5.41 Å². The molecule has 1 spiro atoms. The Morgan fingerprint density at radius 2 is 2.05 bits per heavy atom. The number of benzene rings is 1. The van der Waals surface area contributed by atoms with Crippen LogP contribution in [0.25, 0.3) is 0 Å². The molecule has 5 nitrogen and oxygen atoms in total. The van der Waals surface area contributed by atoms with Crippen LogP contribution in [0.5, 0.6) is 0 Å². The van der Waals surface area contributed by atoms with Crippen LogP contribution in [-0.4, -0.2) is 42.5 Å². The molecular weight excluding hydrogens is 290 g/mol. The summed E-state index contributed by atoms with van der Waals surface area (Å²) in [5.74, 6) is 0. The van der Waals surface area contributed by atoms with Crippen LogP contribution < -0.4 is 5.32 Å². The summed E-state index contributed by atoms with van der Waals surface area (Å²) < 4.78 is 0. The highest BCUT2D eigenvalue weighted by Gasteiger charge is 2.39. The molecule has 0 amide bonds. The summed E-state index contributed by atoms with van der Waals surface area (Å²) in [7, 11) is 0. The molecule has 116 valence electrons. The fraction of sp³-hybridized carbons (Fsp3) is 0.600. The Morgan fingerprint density at radius 3 is 2.67 bits per heavy atom. The van der Waals surface area contributed by atoms with Gasteiger partial charge >= 0.3 is 0 Å². The summed E-state index contributed by atoms with van der Waals surface area (Å²) in [6.07, 6.45) is 3.59. The van der Waals surface area contributed by atoms with Gasteiger partial charge in [-0.1, -0.05) is 12.1 Å². The SMILES string of the molecule is Cl.O=[N+]([O-])c1ccc(CCN2CCC3(CCNC3)C2)cc1. The lowest BCUT2D eigenvalue weighted by molar-refractivity contribution is -0.384. The van der Waals surface area contributed by atoms with Crippen molar-refractivity contribution in [2.45, 2.75) is 19.3 Å². The van der Waals surface area contributed by atoms with Crippen molar-refractivity contribution < 1.29 is 4.92 Å². The fourth-order valence-electron chi connectivity index (χ4n) is 3.43. The lowest BCUT2D eigenvalue weighted by Gasteiger charge is -2.22. The zero-order valence-corrected chi connectivity index (χ0v) is 12.9. The maximum Gasteiger partial charge on any atom is 0.269 e. The monoisotopic (exact) mass is 311 g/mol. The first-order valence-electron chi connectivity index (χ1n) is 7.33. The number of nitrogens with zero attached hydrogens (tertiary/aromatic N) is 2. The number of likely N-dealkylation sites (tertiary alicyclic amines) is 1. The predicted molar refractivity (Wildman–Crippen MR) is 85.0 cm³/mol. The molecule has 1 aromatic rings. The number of rotatable bonds is 4. The molecular formula is C15H22ClN3O2. The molecule has 2 saturated heterocycles. The van der Waals surface area contributed by atoms with Gasteiger partial charge in [0.15, 0.2) is 0 Å². The molecule has 1 atom stereocenters. The average Bonchev–Trinajstić information content (AvgIpc) is 3.08. The second kappa shape index (κ2) is 6.73. The number of non-ortho nitro benzene ring substituents is 1. The van der Waals surface area contributed by atoms with Gasteiger partial charge in [-0.2, -0.15) is 0 Å². The van der Waals surface area contributed by atoms with Crippen molar-refractivity contribution >= 4 is 18.1 Å². The van der Waals surface area contributed by atoms with Crippen molar-refractivity contribution in [3.63, 3.8) is 0 Å². The van der Waals surface area contributed by atoms with Gasteiger partial charge in [-0.15, -0.1) is 12.4 Å². The van der Waals surface area contributed by atoms with E-state index in [9.17, 15) is 10.1 Å². The zero-order valence-electron chi connectivity index (χ0n) is 12.1. The summed E-state index contributed by atoms with van der Waals surface area (Å²) in [5, 5.41) is 14.1. The van der Waals surface area contributed by atoms with Gasteiger partial charge in [0.25, 0.3) is 5.69 Å². The molecule has 0 radical (unpaired) electrons. The smallest absolute Gasteiger partial charge is 0.269 e. The Hall–Kier alpha value is -1.17. The molecule has 2 heterocycles. The Morgan fingerprint density at radius 1 is 1.29 bits per heavy atom. The molecule has 1 aromatic carbocycles. The van der Waals surface area contributed by atoms with Crippen molar-refractivity contribution in [3.05, 3.63) is 39.9 Å². The molecule has 0 saturated carbocycles. The van der Waals surface area contributed by atoms with Crippen LogP contribution >= 0.6 is 12.4 Å². The van der Waals surface area contributed by atoms with Crippen LogP contribution in [0, 0.1) is 15.5 Å². The number of nitro benzene ring substituents is 1. The number of hydrogen-bond acceptors (Lipinski definition) is 4. The Bertz CT molecular complexity index is 486. The van der Waals surface area contributed by atoms with Gasteiger partial charge < -0.3 is 10.2 Å². The number of nitro groups is 1. The van der Waals surface area contributed by atoms with E-state index < -0.39 is 0 Å². The minimum Gasteiger partial charge on any atom is -0.316 e. The summed E-state index contributed by atoms with van der Waals surface area (Å²) in [6, 6.07) is 6.95. The van der Waals surface area contributed by atoms with Gasteiger partial charge in [-0.05, 0) is 43.3 Å². The van der Waals surface area contributed by atoms with Crippen LogP contribution in [0.15, 0.2) is 24.3 Å². The molecule has 1 unspecified atom stereocenters. The van der Waals surface area contributed by atoms with Crippen LogP contribution in [0.1, 0.15) is 18.4 Å². The van der Waals surface area contributed by atoms with E-state index in [4.69, 9.17) is 0 Å². The minimum absolute atomic E-state index is 0. The summed E-state index contributed by atoms with van der Waals surface area (Å²) in [4.78, 5) is 12.8. The topological polar surface area (TPSA) is 58.4 Å². The fourth-order valence-corrected chi connectivity index (χ4v) is 3.43. The molecule has 2 aliphatic heterocycles. The average molecular weight is 312 g/mol. The van der Waals surface area contributed by atoms with E-state index in [1.807, 2.05) is 12.1 Å². The maximum absolute atomic E-state index is 10.6. The van der Waals surface area contributed by atoms with Crippen LogP contribution in [-0.2, 0) is 6.42 Å². The largest absolute Gasteiger partial charge is 0.316 e. The predicted octanol–water partition coefficient (Wildman–Crippen LogP) is 2.24. The van der Waals surface area contributed by atoms with E-state index in [-0.39, 0.29) is 23.0 Å². The molecule has 0 aromatic heterocycles. The lowest BCUT2D eigenvalue weighted by Crippen LogP contribution is -2.30. The van der Waals surface area contributed by atoms with E-state index >= 15 is 0 Å². The van der Waals surface area contributed by atoms with Gasteiger partial charge in [-0.25, -0.2) is 0 Å². The molecule has 6 heteroatoms. The van der Waals surface area contributed by atoms with Crippen molar-refractivity contribution in [1.82, 2.24) is 10.2 Å². The molecule has 2 aliphatic rings. The van der Waals surface area contributed by atoms with E-state index in [0.717, 1.165) is 19.5 Å². The highest BCUT2D eigenvalue weighted by atomic mass is 35.5. The van der Waals surface area contributed by atoms with Crippen molar-refractivity contribution in [2.75, 3.05) is 32.7 Å². The van der Waals surface area contributed by atoms with E-state index in [1.165, 1.54) is 38.0 Å². The van der Waals surface area contributed by atoms with Crippen LogP contribution in [0.3, 0.4) is 0 Å². The number of halogens is 1. The number of nitrogens with one attached hydrogen (secondary N) is 1. The quantitative estimate of drug-likeness (QED) is 0.684. The molecule has 3 rings (SSSR count). The normalized spacial score (nSPS) is 25.1. The molecule has 0 bridgehead atoms. The third-order valence-corrected chi connectivity index (χ3v) is 4.71. The highest BCUT2D eigenvalue weighted by Crippen LogP contribution is 2.35. The van der Waals surface area contributed by atoms with Crippen molar-refractivity contribution in [3.8, 4) is 0 Å². The Labute approximate surface area is 131 Å². The van der Waals surface area contributed by atoms with E-state index in [1.54, 1.807) is 12.1 Å². The third-order valence-electron chi connectivity index (χ3n) is 4.71. The summed E-state index contributed by atoms with van der Waals surface area (Å²) >= 11 is 0. The Balaban J connectivity index is 0.00000161.